The number of nitrogen functional groups attached to an aromatic ring is 2. The Morgan fingerprint density at radius 1 is 0.962 bits per heavy atom. The minimum Gasteiger partial charge on any atom is -0.382 e. The van der Waals surface area contributed by atoms with Gasteiger partial charge in [-0.25, -0.2) is 9.97 Å². The molecule has 0 bridgehead atoms. The van der Waals surface area contributed by atoms with Gasteiger partial charge in [0, 0.05) is 17.6 Å². The molecule has 4 rings (SSSR count). The third kappa shape index (κ3) is 2.83. The predicted molar refractivity (Wildman–Crippen MR) is 105 cm³/mol. The molecule has 4 N–H and O–H groups in total. The molecule has 0 spiro atoms. The Morgan fingerprint density at radius 3 is 2.62 bits per heavy atom. The molecule has 0 unspecified atom stereocenters. The summed E-state index contributed by atoms with van der Waals surface area (Å²) in [7, 11) is 0. The molecule has 2 heterocycles. The minimum atomic E-state index is 0.1000. The van der Waals surface area contributed by atoms with Gasteiger partial charge in [-0.2, -0.15) is 9.97 Å². The largest absolute Gasteiger partial charge is 0.382 e. The quantitative estimate of drug-likeness (QED) is 0.585. The van der Waals surface area contributed by atoms with Gasteiger partial charge in [0.2, 0.25) is 5.95 Å². The van der Waals surface area contributed by atoms with Crippen molar-refractivity contribution < 1.29 is 0 Å². The number of benzene rings is 2. The van der Waals surface area contributed by atoms with Crippen molar-refractivity contribution in [1.29, 1.82) is 0 Å². The van der Waals surface area contributed by atoms with Crippen molar-refractivity contribution in [2.75, 3.05) is 22.9 Å². The number of rotatable bonds is 4. The molecule has 26 heavy (non-hydrogen) atoms. The molecular formula is C19H19N7. The first-order chi connectivity index (χ1) is 12.7. The van der Waals surface area contributed by atoms with E-state index < -0.39 is 0 Å². The van der Waals surface area contributed by atoms with Crippen LogP contribution in [0.1, 0.15) is 12.6 Å². The van der Waals surface area contributed by atoms with Crippen molar-refractivity contribution in [3.05, 3.63) is 54.4 Å². The molecule has 0 atom stereocenters. The van der Waals surface area contributed by atoms with Crippen LogP contribution in [0.15, 0.2) is 48.7 Å². The van der Waals surface area contributed by atoms with Gasteiger partial charge in [-0.05, 0) is 18.4 Å². The van der Waals surface area contributed by atoms with E-state index in [0.29, 0.717) is 17.7 Å². The van der Waals surface area contributed by atoms with Gasteiger partial charge in [0.05, 0.1) is 18.4 Å². The molecule has 0 saturated heterocycles. The highest BCUT2D eigenvalue weighted by atomic mass is 15.1. The standard InChI is InChI=1S/C19H19N7/c1-2-26(15-9-5-7-12-6-3-4-8-14(12)15)11-13-10-22-18-16(23-13)17(20)24-19(21)25-18/h3-10H,2,11H2,1H3,(H4,20,21,22,24,25). The highest BCUT2D eigenvalue weighted by molar-refractivity contribution is 5.94. The molecule has 0 aliphatic heterocycles. The first kappa shape index (κ1) is 16.0. The van der Waals surface area contributed by atoms with Crippen LogP contribution in [0.5, 0.6) is 0 Å². The SMILES string of the molecule is CCN(Cc1cnc2nc(N)nc(N)c2n1)c1cccc2ccccc12. The van der Waals surface area contributed by atoms with Crippen LogP contribution in [-0.4, -0.2) is 26.5 Å². The molecule has 7 heteroatoms. The van der Waals surface area contributed by atoms with Gasteiger partial charge in [-0.1, -0.05) is 36.4 Å². The lowest BCUT2D eigenvalue weighted by Crippen LogP contribution is -2.23. The smallest absolute Gasteiger partial charge is 0.224 e. The monoisotopic (exact) mass is 345 g/mol. The van der Waals surface area contributed by atoms with Gasteiger partial charge < -0.3 is 16.4 Å². The van der Waals surface area contributed by atoms with E-state index in [1.165, 1.54) is 10.8 Å². The van der Waals surface area contributed by atoms with Gasteiger partial charge in [0.1, 0.15) is 0 Å². The van der Waals surface area contributed by atoms with Crippen molar-refractivity contribution >= 4 is 39.4 Å². The van der Waals surface area contributed by atoms with E-state index in [2.05, 4.69) is 68.2 Å². The lowest BCUT2D eigenvalue weighted by atomic mass is 10.1. The highest BCUT2D eigenvalue weighted by Gasteiger charge is 2.12. The average Bonchev–Trinajstić information content (AvgIpc) is 2.66. The number of aromatic nitrogens is 4. The Hall–Kier alpha value is -3.48. The average molecular weight is 345 g/mol. The van der Waals surface area contributed by atoms with Crippen molar-refractivity contribution in [3.63, 3.8) is 0 Å². The molecule has 0 saturated carbocycles. The van der Waals surface area contributed by atoms with Crippen LogP contribution < -0.4 is 16.4 Å². The zero-order chi connectivity index (χ0) is 18.1. The van der Waals surface area contributed by atoms with Gasteiger partial charge >= 0.3 is 0 Å². The number of nitrogens with two attached hydrogens (primary N) is 2. The van der Waals surface area contributed by atoms with E-state index in [1.807, 2.05) is 6.07 Å². The molecule has 7 nitrogen and oxygen atoms in total. The summed E-state index contributed by atoms with van der Waals surface area (Å²) in [6, 6.07) is 14.7. The van der Waals surface area contributed by atoms with E-state index in [0.717, 1.165) is 17.9 Å². The van der Waals surface area contributed by atoms with Gasteiger partial charge in [0.15, 0.2) is 17.0 Å². The summed E-state index contributed by atoms with van der Waals surface area (Å²) >= 11 is 0. The lowest BCUT2D eigenvalue weighted by molar-refractivity contribution is 0.812. The van der Waals surface area contributed by atoms with Crippen LogP contribution >= 0.6 is 0 Å². The van der Waals surface area contributed by atoms with E-state index in [-0.39, 0.29) is 11.8 Å². The van der Waals surface area contributed by atoms with Crippen LogP contribution in [0.3, 0.4) is 0 Å². The van der Waals surface area contributed by atoms with Crippen molar-refractivity contribution in [2.45, 2.75) is 13.5 Å². The Balaban J connectivity index is 1.73. The number of hydrogen-bond donors (Lipinski definition) is 2. The lowest BCUT2D eigenvalue weighted by Gasteiger charge is -2.24. The third-order valence-electron chi connectivity index (χ3n) is 4.34. The minimum absolute atomic E-state index is 0.1000. The normalized spacial score (nSPS) is 11.1. The van der Waals surface area contributed by atoms with Crippen LogP contribution in [0.25, 0.3) is 21.9 Å². The molecule has 2 aromatic carbocycles. The van der Waals surface area contributed by atoms with Crippen LogP contribution in [0.2, 0.25) is 0 Å². The fraction of sp³-hybridized carbons (Fsp3) is 0.158. The number of hydrogen-bond acceptors (Lipinski definition) is 7. The van der Waals surface area contributed by atoms with Crippen molar-refractivity contribution in [2.24, 2.45) is 0 Å². The second-order valence-corrected chi connectivity index (χ2v) is 6.01. The summed E-state index contributed by atoms with van der Waals surface area (Å²) in [4.78, 5) is 19.2. The van der Waals surface area contributed by atoms with Crippen molar-refractivity contribution in [1.82, 2.24) is 19.9 Å². The highest BCUT2D eigenvalue weighted by Crippen LogP contribution is 2.27. The van der Waals surface area contributed by atoms with Crippen LogP contribution in [0.4, 0.5) is 17.5 Å². The molecule has 0 radical (unpaired) electrons. The summed E-state index contributed by atoms with van der Waals surface area (Å²) in [6.07, 6.45) is 1.71. The molecular weight excluding hydrogens is 326 g/mol. The fourth-order valence-corrected chi connectivity index (χ4v) is 3.11. The van der Waals surface area contributed by atoms with E-state index in [9.17, 15) is 0 Å². The Morgan fingerprint density at radius 2 is 1.77 bits per heavy atom. The summed E-state index contributed by atoms with van der Waals surface area (Å²) < 4.78 is 0. The molecule has 0 amide bonds. The number of nitrogens with zero attached hydrogens (tertiary/aromatic N) is 5. The topological polar surface area (TPSA) is 107 Å². The second-order valence-electron chi connectivity index (χ2n) is 6.01. The molecule has 0 aliphatic carbocycles. The van der Waals surface area contributed by atoms with Gasteiger partial charge in [0.25, 0.3) is 0 Å². The maximum atomic E-state index is 5.93. The van der Waals surface area contributed by atoms with Gasteiger partial charge in [-0.15, -0.1) is 0 Å². The Labute approximate surface area is 150 Å². The molecule has 0 aliphatic rings. The number of fused-ring (bicyclic) bond motifs is 2. The van der Waals surface area contributed by atoms with Gasteiger partial charge in [-0.3, -0.25) is 0 Å². The van der Waals surface area contributed by atoms with Crippen molar-refractivity contribution in [3.8, 4) is 0 Å². The summed E-state index contributed by atoms with van der Waals surface area (Å²) in [5.74, 6) is 0.345. The fourth-order valence-electron chi connectivity index (χ4n) is 3.11. The maximum Gasteiger partial charge on any atom is 0.224 e. The number of anilines is 3. The van der Waals surface area contributed by atoms with E-state index in [1.54, 1.807) is 6.20 Å². The zero-order valence-electron chi connectivity index (χ0n) is 14.4. The summed E-state index contributed by atoms with van der Waals surface area (Å²) in [6.45, 7) is 3.56. The van der Waals surface area contributed by atoms with E-state index >= 15 is 0 Å². The maximum absolute atomic E-state index is 5.93. The zero-order valence-corrected chi connectivity index (χ0v) is 14.4. The summed E-state index contributed by atoms with van der Waals surface area (Å²) in [5, 5.41) is 2.42. The first-order valence-electron chi connectivity index (χ1n) is 8.43. The van der Waals surface area contributed by atoms with E-state index in [4.69, 9.17) is 11.5 Å². The Kier molecular flexibility index (Phi) is 3.96. The third-order valence-corrected chi connectivity index (χ3v) is 4.34. The van der Waals surface area contributed by atoms with Crippen LogP contribution in [0, 0.1) is 0 Å². The summed E-state index contributed by atoms with van der Waals surface area (Å²) in [5.41, 5.74) is 14.4. The predicted octanol–water partition coefficient (Wildman–Crippen LogP) is 2.76. The second kappa shape index (κ2) is 6.44. The Bertz CT molecular complexity index is 1090. The first-order valence-corrected chi connectivity index (χ1v) is 8.43. The molecule has 4 aromatic rings. The molecule has 0 fully saturated rings. The molecule has 130 valence electrons. The van der Waals surface area contributed by atoms with Crippen LogP contribution in [-0.2, 0) is 6.54 Å². The molecule has 2 aromatic heterocycles.